The smallest absolute Gasteiger partial charge is 0.356 e. The van der Waals surface area contributed by atoms with Crippen LogP contribution in [0.3, 0.4) is 0 Å². The van der Waals surface area contributed by atoms with Gasteiger partial charge in [-0.25, -0.2) is 4.79 Å². The molecule has 1 aliphatic heterocycles. The monoisotopic (exact) mass is 413 g/mol. The van der Waals surface area contributed by atoms with Crippen LogP contribution in [0.15, 0.2) is 30.5 Å². The van der Waals surface area contributed by atoms with Crippen LogP contribution in [0, 0.1) is 12.3 Å². The summed E-state index contributed by atoms with van der Waals surface area (Å²) in [5, 5.41) is 6.78. The van der Waals surface area contributed by atoms with Crippen molar-refractivity contribution in [2.24, 2.45) is 5.41 Å². The van der Waals surface area contributed by atoms with Gasteiger partial charge in [0, 0.05) is 18.7 Å². The maximum absolute atomic E-state index is 13.1. The fraction of sp³-hybridized carbons (Fsp3) is 0.522. The van der Waals surface area contributed by atoms with Gasteiger partial charge in [-0.1, -0.05) is 24.3 Å². The molecule has 1 N–H and O–H groups in total. The zero-order chi connectivity index (χ0) is 21.6. The first-order valence-corrected chi connectivity index (χ1v) is 10.6. The summed E-state index contributed by atoms with van der Waals surface area (Å²) in [6.07, 6.45) is 3.98. The SMILES string of the molecule is CCOC(=O)c1[nH]ncc1CN1CCC[C@@](Cc2ccccc2C)(C(=O)OCC)C1. The van der Waals surface area contributed by atoms with E-state index in [1.807, 2.05) is 19.1 Å². The predicted octanol–water partition coefficient (Wildman–Crippen LogP) is 3.28. The summed E-state index contributed by atoms with van der Waals surface area (Å²) in [5.74, 6) is -0.547. The average molecular weight is 414 g/mol. The topological polar surface area (TPSA) is 84.5 Å². The highest BCUT2D eigenvalue weighted by Crippen LogP contribution is 2.36. The van der Waals surface area contributed by atoms with Gasteiger partial charge in [-0.15, -0.1) is 0 Å². The van der Waals surface area contributed by atoms with E-state index in [1.165, 1.54) is 11.1 Å². The number of aryl methyl sites for hydroxylation is 1. The minimum atomic E-state index is -0.603. The lowest BCUT2D eigenvalue weighted by Crippen LogP contribution is -2.49. The van der Waals surface area contributed by atoms with Crippen LogP contribution in [0.2, 0.25) is 0 Å². The van der Waals surface area contributed by atoms with Crippen molar-refractivity contribution < 1.29 is 19.1 Å². The van der Waals surface area contributed by atoms with E-state index >= 15 is 0 Å². The molecule has 0 bridgehead atoms. The molecule has 1 aromatic carbocycles. The fourth-order valence-corrected chi connectivity index (χ4v) is 4.25. The molecule has 7 nitrogen and oxygen atoms in total. The number of aromatic amines is 1. The van der Waals surface area contributed by atoms with Gasteiger partial charge >= 0.3 is 11.9 Å². The molecule has 0 spiro atoms. The van der Waals surface area contributed by atoms with Gasteiger partial charge < -0.3 is 9.47 Å². The Bertz CT molecular complexity index is 879. The summed E-state index contributed by atoms with van der Waals surface area (Å²) >= 11 is 0. The zero-order valence-corrected chi connectivity index (χ0v) is 18.1. The van der Waals surface area contributed by atoms with E-state index in [9.17, 15) is 9.59 Å². The van der Waals surface area contributed by atoms with Gasteiger partial charge in [-0.05, 0) is 57.7 Å². The van der Waals surface area contributed by atoms with Crippen molar-refractivity contribution in [1.29, 1.82) is 0 Å². The third-order valence-electron chi connectivity index (χ3n) is 5.75. The number of hydrogen-bond donors (Lipinski definition) is 1. The lowest BCUT2D eigenvalue weighted by molar-refractivity contribution is -0.159. The van der Waals surface area contributed by atoms with Crippen molar-refractivity contribution >= 4 is 11.9 Å². The highest BCUT2D eigenvalue weighted by Gasteiger charge is 2.44. The van der Waals surface area contributed by atoms with Crippen molar-refractivity contribution in [3.63, 3.8) is 0 Å². The molecule has 2 aromatic rings. The molecular weight excluding hydrogens is 382 g/mol. The normalized spacial score (nSPS) is 19.4. The molecular formula is C23H31N3O4. The van der Waals surface area contributed by atoms with Gasteiger partial charge in [-0.3, -0.25) is 14.8 Å². The first-order valence-electron chi connectivity index (χ1n) is 10.6. The van der Waals surface area contributed by atoms with Gasteiger partial charge in [0.1, 0.15) is 5.69 Å². The van der Waals surface area contributed by atoms with Crippen LogP contribution >= 0.6 is 0 Å². The van der Waals surface area contributed by atoms with Crippen molar-refractivity contribution in [1.82, 2.24) is 15.1 Å². The second-order valence-electron chi connectivity index (χ2n) is 7.91. The van der Waals surface area contributed by atoms with E-state index in [4.69, 9.17) is 9.47 Å². The van der Waals surface area contributed by atoms with E-state index in [0.29, 0.717) is 38.4 Å². The number of esters is 2. The maximum Gasteiger partial charge on any atom is 0.356 e. The average Bonchev–Trinajstić information content (AvgIpc) is 3.18. The number of nitrogens with one attached hydrogen (secondary N) is 1. The van der Waals surface area contributed by atoms with Crippen molar-refractivity contribution in [3.8, 4) is 0 Å². The third kappa shape index (κ3) is 4.90. The molecule has 162 valence electrons. The molecule has 3 rings (SSSR count). The number of benzene rings is 1. The second-order valence-corrected chi connectivity index (χ2v) is 7.91. The van der Waals surface area contributed by atoms with E-state index in [0.717, 1.165) is 24.9 Å². The standard InChI is InChI=1S/C23H31N3O4/c1-4-29-21(27)20-19(14-24-25-20)15-26-12-8-11-23(16-26,22(28)30-5-2)13-18-10-7-6-9-17(18)3/h6-7,9-10,14H,4-5,8,11-13,15-16H2,1-3H3,(H,24,25)/t23-/m0/s1. The number of nitrogens with zero attached hydrogens (tertiary/aromatic N) is 2. The predicted molar refractivity (Wildman–Crippen MR) is 113 cm³/mol. The van der Waals surface area contributed by atoms with E-state index in [2.05, 4.69) is 34.2 Å². The molecule has 7 heteroatoms. The Balaban J connectivity index is 1.82. The molecule has 0 radical (unpaired) electrons. The van der Waals surface area contributed by atoms with Crippen LogP contribution in [0.5, 0.6) is 0 Å². The van der Waals surface area contributed by atoms with E-state index < -0.39 is 11.4 Å². The Kier molecular flexibility index (Phi) is 7.26. The molecule has 1 aromatic heterocycles. The van der Waals surface area contributed by atoms with Crippen molar-refractivity contribution in [2.45, 2.75) is 46.6 Å². The molecule has 0 unspecified atom stereocenters. The Morgan fingerprint density at radius 3 is 2.67 bits per heavy atom. The van der Waals surface area contributed by atoms with Gasteiger partial charge in [-0.2, -0.15) is 5.10 Å². The minimum absolute atomic E-state index is 0.143. The molecule has 1 fully saturated rings. The van der Waals surface area contributed by atoms with Crippen molar-refractivity contribution in [3.05, 3.63) is 52.8 Å². The van der Waals surface area contributed by atoms with Gasteiger partial charge in [0.25, 0.3) is 0 Å². The summed E-state index contributed by atoms with van der Waals surface area (Å²) in [6.45, 7) is 8.32. The number of aromatic nitrogens is 2. The Labute approximate surface area is 177 Å². The van der Waals surface area contributed by atoms with Gasteiger partial charge in [0.05, 0.1) is 24.8 Å². The number of rotatable bonds is 8. The molecule has 1 saturated heterocycles. The lowest BCUT2D eigenvalue weighted by Gasteiger charge is -2.41. The van der Waals surface area contributed by atoms with Gasteiger partial charge in [0.15, 0.2) is 0 Å². The number of H-pyrrole nitrogens is 1. The summed E-state index contributed by atoms with van der Waals surface area (Å²) in [5.41, 5.74) is 2.90. The zero-order valence-electron chi connectivity index (χ0n) is 18.1. The fourth-order valence-electron chi connectivity index (χ4n) is 4.25. The van der Waals surface area contributed by atoms with E-state index in [1.54, 1.807) is 13.1 Å². The minimum Gasteiger partial charge on any atom is -0.466 e. The maximum atomic E-state index is 13.1. The molecule has 1 aliphatic rings. The Morgan fingerprint density at radius 1 is 1.17 bits per heavy atom. The highest BCUT2D eigenvalue weighted by atomic mass is 16.5. The molecule has 0 aliphatic carbocycles. The number of piperidine rings is 1. The van der Waals surface area contributed by atoms with E-state index in [-0.39, 0.29) is 5.97 Å². The van der Waals surface area contributed by atoms with Gasteiger partial charge in [0.2, 0.25) is 0 Å². The molecule has 30 heavy (non-hydrogen) atoms. The van der Waals surface area contributed by atoms with Crippen LogP contribution in [-0.4, -0.2) is 53.3 Å². The number of carbonyl (C=O) groups excluding carboxylic acids is 2. The summed E-state index contributed by atoms with van der Waals surface area (Å²) in [4.78, 5) is 27.5. The third-order valence-corrected chi connectivity index (χ3v) is 5.75. The number of likely N-dealkylation sites (tertiary alicyclic amines) is 1. The number of carbonyl (C=O) groups is 2. The number of hydrogen-bond acceptors (Lipinski definition) is 6. The second kappa shape index (κ2) is 9.89. The van der Waals surface area contributed by atoms with Crippen LogP contribution in [0.25, 0.3) is 0 Å². The molecule has 2 heterocycles. The Morgan fingerprint density at radius 2 is 1.93 bits per heavy atom. The summed E-state index contributed by atoms with van der Waals surface area (Å²) < 4.78 is 10.6. The van der Waals surface area contributed by atoms with Crippen LogP contribution in [0.1, 0.15) is 53.9 Å². The first kappa shape index (κ1) is 22.0. The van der Waals surface area contributed by atoms with Crippen molar-refractivity contribution in [2.75, 3.05) is 26.3 Å². The van der Waals surface area contributed by atoms with Crippen LogP contribution in [-0.2, 0) is 27.2 Å². The summed E-state index contributed by atoms with van der Waals surface area (Å²) in [6, 6.07) is 8.19. The number of ether oxygens (including phenoxy) is 2. The molecule has 1 atom stereocenters. The summed E-state index contributed by atoms with van der Waals surface area (Å²) in [7, 11) is 0. The Hall–Kier alpha value is -2.67. The largest absolute Gasteiger partial charge is 0.466 e. The molecule has 0 amide bonds. The highest BCUT2D eigenvalue weighted by molar-refractivity contribution is 5.88. The molecule has 0 saturated carbocycles. The first-order chi connectivity index (χ1) is 14.5. The van der Waals surface area contributed by atoms with Crippen LogP contribution < -0.4 is 0 Å². The van der Waals surface area contributed by atoms with Crippen LogP contribution in [0.4, 0.5) is 0 Å². The lowest BCUT2D eigenvalue weighted by atomic mass is 9.74. The quantitative estimate of drug-likeness (QED) is 0.669.